The monoisotopic (exact) mass is 448 g/mol. The minimum absolute atomic E-state index is 0.407. The SMILES string of the molecule is FC(F)(F)c1ccc(N/N=C/c2ccccc2OCc2ccc(Br)cc2)cc1. The van der Waals surface area contributed by atoms with Gasteiger partial charge in [-0.25, -0.2) is 0 Å². The third kappa shape index (κ3) is 5.60. The van der Waals surface area contributed by atoms with Gasteiger partial charge in [0.25, 0.3) is 0 Å². The van der Waals surface area contributed by atoms with Crippen molar-refractivity contribution >= 4 is 27.8 Å². The molecule has 3 aromatic carbocycles. The van der Waals surface area contributed by atoms with Crippen LogP contribution in [0, 0.1) is 0 Å². The summed E-state index contributed by atoms with van der Waals surface area (Å²) >= 11 is 3.39. The van der Waals surface area contributed by atoms with Crippen molar-refractivity contribution in [3.8, 4) is 5.75 Å². The van der Waals surface area contributed by atoms with Crippen molar-refractivity contribution in [3.63, 3.8) is 0 Å². The molecule has 0 bridgehead atoms. The Labute approximate surface area is 169 Å². The molecular weight excluding hydrogens is 433 g/mol. The normalized spacial score (nSPS) is 11.6. The fourth-order valence-electron chi connectivity index (χ4n) is 2.37. The number of anilines is 1. The number of nitrogens with zero attached hydrogens (tertiary/aromatic N) is 1. The van der Waals surface area contributed by atoms with E-state index in [1.165, 1.54) is 12.1 Å². The second-order valence-corrected chi connectivity index (χ2v) is 6.81. The van der Waals surface area contributed by atoms with Crippen LogP contribution in [0.2, 0.25) is 0 Å². The van der Waals surface area contributed by atoms with Gasteiger partial charge in [0.15, 0.2) is 0 Å². The molecule has 0 saturated carbocycles. The molecule has 3 nitrogen and oxygen atoms in total. The lowest BCUT2D eigenvalue weighted by atomic mass is 10.2. The van der Waals surface area contributed by atoms with Crippen LogP contribution in [0.5, 0.6) is 5.75 Å². The molecule has 3 rings (SSSR count). The Bertz CT molecular complexity index is 939. The number of halogens is 4. The summed E-state index contributed by atoms with van der Waals surface area (Å²) in [4.78, 5) is 0. The van der Waals surface area contributed by atoms with E-state index in [9.17, 15) is 13.2 Å². The van der Waals surface area contributed by atoms with Crippen molar-refractivity contribution in [1.29, 1.82) is 0 Å². The third-order valence-corrected chi connectivity index (χ3v) is 4.36. The predicted octanol–water partition coefficient (Wildman–Crippen LogP) is 6.49. The Hall–Kier alpha value is -2.80. The number of alkyl halides is 3. The molecule has 1 N–H and O–H groups in total. The molecule has 0 aliphatic heterocycles. The van der Waals surface area contributed by atoms with Crippen LogP contribution < -0.4 is 10.2 Å². The van der Waals surface area contributed by atoms with Crippen molar-refractivity contribution in [2.75, 3.05) is 5.43 Å². The van der Waals surface area contributed by atoms with Gasteiger partial charge in [0.1, 0.15) is 12.4 Å². The summed E-state index contributed by atoms with van der Waals surface area (Å²) < 4.78 is 44.6. The summed E-state index contributed by atoms with van der Waals surface area (Å²) in [6.45, 7) is 0.407. The largest absolute Gasteiger partial charge is 0.488 e. The van der Waals surface area contributed by atoms with Crippen LogP contribution in [0.3, 0.4) is 0 Å². The maximum Gasteiger partial charge on any atom is 0.416 e. The van der Waals surface area contributed by atoms with E-state index in [1.54, 1.807) is 6.21 Å². The van der Waals surface area contributed by atoms with Gasteiger partial charge >= 0.3 is 6.18 Å². The number of hydrogen-bond acceptors (Lipinski definition) is 3. The quantitative estimate of drug-likeness (QED) is 0.345. The highest BCUT2D eigenvalue weighted by Crippen LogP contribution is 2.29. The van der Waals surface area contributed by atoms with E-state index in [-0.39, 0.29) is 0 Å². The standard InChI is InChI=1S/C21H16BrF3N2O/c22-18-9-5-15(6-10-18)14-28-20-4-2-1-3-16(20)13-26-27-19-11-7-17(8-12-19)21(23,24)25/h1-13,27H,14H2/b26-13+. The lowest BCUT2D eigenvalue weighted by Gasteiger charge is -2.09. The molecule has 7 heteroatoms. The molecular formula is C21H16BrF3N2O. The number of nitrogens with one attached hydrogen (secondary N) is 1. The third-order valence-electron chi connectivity index (χ3n) is 3.84. The fraction of sp³-hybridized carbons (Fsp3) is 0.0952. The van der Waals surface area contributed by atoms with E-state index in [0.29, 0.717) is 18.0 Å². The van der Waals surface area contributed by atoms with Gasteiger partial charge in [-0.1, -0.05) is 40.2 Å². The van der Waals surface area contributed by atoms with Crippen molar-refractivity contribution < 1.29 is 17.9 Å². The van der Waals surface area contributed by atoms with Crippen LogP contribution in [0.25, 0.3) is 0 Å². The topological polar surface area (TPSA) is 33.6 Å². The predicted molar refractivity (Wildman–Crippen MR) is 108 cm³/mol. The molecule has 0 spiro atoms. The number of para-hydroxylation sites is 1. The molecule has 0 fully saturated rings. The second-order valence-electron chi connectivity index (χ2n) is 5.90. The summed E-state index contributed by atoms with van der Waals surface area (Å²) in [6, 6.07) is 19.9. The zero-order chi connectivity index (χ0) is 20.0. The van der Waals surface area contributed by atoms with Gasteiger partial charge < -0.3 is 4.74 Å². The van der Waals surface area contributed by atoms with Gasteiger partial charge in [-0.2, -0.15) is 18.3 Å². The number of benzene rings is 3. The number of hydrazone groups is 1. The molecule has 0 radical (unpaired) electrons. The zero-order valence-corrected chi connectivity index (χ0v) is 16.2. The van der Waals surface area contributed by atoms with Gasteiger partial charge in [0.2, 0.25) is 0 Å². The average molecular weight is 449 g/mol. The maximum atomic E-state index is 12.6. The van der Waals surface area contributed by atoms with Gasteiger partial charge in [0.05, 0.1) is 17.5 Å². The van der Waals surface area contributed by atoms with Gasteiger partial charge in [0, 0.05) is 10.0 Å². The lowest BCUT2D eigenvalue weighted by molar-refractivity contribution is -0.137. The highest BCUT2D eigenvalue weighted by Gasteiger charge is 2.29. The molecule has 0 aliphatic rings. The Kier molecular flexibility index (Phi) is 6.36. The first-order valence-electron chi connectivity index (χ1n) is 8.34. The van der Waals surface area contributed by atoms with Gasteiger partial charge in [-0.3, -0.25) is 5.43 Å². The molecule has 28 heavy (non-hydrogen) atoms. The number of rotatable bonds is 6. The van der Waals surface area contributed by atoms with E-state index in [1.807, 2.05) is 48.5 Å². The Balaban J connectivity index is 1.63. The fourth-order valence-corrected chi connectivity index (χ4v) is 2.63. The van der Waals surface area contributed by atoms with Crippen LogP contribution in [0.4, 0.5) is 18.9 Å². The van der Waals surface area contributed by atoms with Gasteiger partial charge in [-0.15, -0.1) is 0 Å². The number of ether oxygens (including phenoxy) is 1. The Morgan fingerprint density at radius 2 is 1.61 bits per heavy atom. The first-order chi connectivity index (χ1) is 13.4. The lowest BCUT2D eigenvalue weighted by Crippen LogP contribution is -2.04. The molecule has 0 heterocycles. The average Bonchev–Trinajstić information content (AvgIpc) is 2.68. The highest BCUT2D eigenvalue weighted by molar-refractivity contribution is 9.10. The Morgan fingerprint density at radius 1 is 0.929 bits per heavy atom. The van der Waals surface area contributed by atoms with Crippen LogP contribution in [0.15, 0.2) is 82.4 Å². The van der Waals surface area contributed by atoms with E-state index in [0.717, 1.165) is 27.7 Å². The molecule has 0 aromatic heterocycles. The second kappa shape index (κ2) is 8.93. The summed E-state index contributed by atoms with van der Waals surface area (Å²) in [7, 11) is 0. The highest BCUT2D eigenvalue weighted by atomic mass is 79.9. The molecule has 0 unspecified atom stereocenters. The van der Waals surface area contributed by atoms with E-state index < -0.39 is 11.7 Å². The first kappa shape index (κ1) is 19.9. The van der Waals surface area contributed by atoms with E-state index in [2.05, 4.69) is 26.5 Å². The van der Waals surface area contributed by atoms with Crippen molar-refractivity contribution in [3.05, 3.63) is 94.0 Å². The summed E-state index contributed by atoms with van der Waals surface area (Å²) in [5.74, 6) is 0.656. The summed E-state index contributed by atoms with van der Waals surface area (Å²) in [5, 5.41) is 4.09. The van der Waals surface area contributed by atoms with Crippen molar-refractivity contribution in [1.82, 2.24) is 0 Å². The van der Waals surface area contributed by atoms with Crippen molar-refractivity contribution in [2.45, 2.75) is 12.8 Å². The van der Waals surface area contributed by atoms with Crippen LogP contribution in [-0.2, 0) is 12.8 Å². The zero-order valence-electron chi connectivity index (χ0n) is 14.6. The van der Waals surface area contributed by atoms with Crippen molar-refractivity contribution in [2.24, 2.45) is 5.10 Å². The minimum atomic E-state index is -4.35. The Morgan fingerprint density at radius 3 is 2.29 bits per heavy atom. The van der Waals surface area contributed by atoms with Crippen LogP contribution in [-0.4, -0.2) is 6.21 Å². The summed E-state index contributed by atoms with van der Waals surface area (Å²) in [6.07, 6.45) is -2.79. The maximum absolute atomic E-state index is 12.6. The number of hydrogen-bond donors (Lipinski definition) is 1. The minimum Gasteiger partial charge on any atom is -0.488 e. The molecule has 0 amide bonds. The molecule has 144 valence electrons. The van der Waals surface area contributed by atoms with E-state index >= 15 is 0 Å². The summed E-state index contributed by atoms with van der Waals surface area (Å²) in [5.41, 5.74) is 4.25. The molecule has 0 aliphatic carbocycles. The van der Waals surface area contributed by atoms with Crippen LogP contribution in [0.1, 0.15) is 16.7 Å². The molecule has 0 saturated heterocycles. The van der Waals surface area contributed by atoms with Crippen LogP contribution >= 0.6 is 15.9 Å². The molecule has 0 atom stereocenters. The van der Waals surface area contributed by atoms with Gasteiger partial charge in [-0.05, 0) is 54.1 Å². The van der Waals surface area contributed by atoms with E-state index in [4.69, 9.17) is 4.74 Å². The smallest absolute Gasteiger partial charge is 0.416 e. The molecule has 3 aromatic rings. The first-order valence-corrected chi connectivity index (χ1v) is 9.14.